The number of ether oxygens (including phenoxy) is 1. The number of benzene rings is 1. The lowest BCUT2D eigenvalue weighted by Gasteiger charge is -2.09. The van der Waals surface area contributed by atoms with Crippen molar-refractivity contribution >= 4 is 5.97 Å². The van der Waals surface area contributed by atoms with Crippen molar-refractivity contribution in [3.05, 3.63) is 30.3 Å². The van der Waals surface area contributed by atoms with E-state index in [1.54, 1.807) is 6.92 Å². The molecule has 0 bridgehead atoms. The molecule has 0 aliphatic heterocycles. The van der Waals surface area contributed by atoms with Crippen LogP contribution in [-0.2, 0) is 4.79 Å². The quantitative estimate of drug-likeness (QED) is 0.661. The van der Waals surface area contributed by atoms with Gasteiger partial charge in [0, 0.05) is 0 Å². The number of carboxylic acid groups (broad SMARTS) is 1. The average Bonchev–Trinajstić information content (AvgIpc) is 2.38. The zero-order valence-corrected chi connectivity index (χ0v) is 10.8. The third kappa shape index (κ3) is 6.25. The van der Waals surface area contributed by atoms with Crippen molar-refractivity contribution in [3.63, 3.8) is 0 Å². The number of aliphatic carboxylic acids is 1. The summed E-state index contributed by atoms with van der Waals surface area (Å²) in [6.45, 7) is 3.10. The zero-order chi connectivity index (χ0) is 13.2. The molecule has 4 heteroatoms. The molecule has 0 aliphatic carbocycles. The van der Waals surface area contributed by atoms with Crippen LogP contribution >= 0.6 is 0 Å². The Morgan fingerprint density at radius 2 is 2.00 bits per heavy atom. The number of para-hydroxylation sites is 1. The van der Waals surface area contributed by atoms with Crippen molar-refractivity contribution in [2.75, 3.05) is 13.2 Å². The van der Waals surface area contributed by atoms with Gasteiger partial charge in [0.1, 0.15) is 11.8 Å². The third-order valence-electron chi connectivity index (χ3n) is 2.65. The van der Waals surface area contributed by atoms with Crippen LogP contribution in [0.4, 0.5) is 0 Å². The summed E-state index contributed by atoms with van der Waals surface area (Å²) in [4.78, 5) is 10.5. The molecule has 1 aromatic rings. The molecular formula is C14H21NO3. The topological polar surface area (TPSA) is 58.6 Å². The fourth-order valence-electron chi connectivity index (χ4n) is 1.52. The molecule has 0 unspecified atom stereocenters. The second kappa shape index (κ2) is 8.53. The van der Waals surface area contributed by atoms with Gasteiger partial charge in [0.05, 0.1) is 6.61 Å². The fourth-order valence-corrected chi connectivity index (χ4v) is 1.52. The predicted molar refractivity (Wildman–Crippen MR) is 70.9 cm³/mol. The summed E-state index contributed by atoms with van der Waals surface area (Å²) in [5, 5.41) is 11.6. The molecular weight excluding hydrogens is 230 g/mol. The maximum Gasteiger partial charge on any atom is 0.320 e. The Kier molecular flexibility index (Phi) is 6.87. The van der Waals surface area contributed by atoms with Gasteiger partial charge in [-0.1, -0.05) is 18.2 Å². The lowest BCUT2D eigenvalue weighted by molar-refractivity contribution is -0.138. The number of carboxylic acids is 1. The van der Waals surface area contributed by atoms with Gasteiger partial charge in [0.15, 0.2) is 0 Å². The smallest absolute Gasteiger partial charge is 0.320 e. The van der Waals surface area contributed by atoms with Crippen molar-refractivity contribution in [1.82, 2.24) is 5.32 Å². The number of hydrogen-bond acceptors (Lipinski definition) is 3. The molecule has 2 N–H and O–H groups in total. The van der Waals surface area contributed by atoms with E-state index in [1.165, 1.54) is 0 Å². The molecule has 0 heterocycles. The maximum atomic E-state index is 10.5. The summed E-state index contributed by atoms with van der Waals surface area (Å²) in [7, 11) is 0. The number of nitrogens with one attached hydrogen (secondary N) is 1. The van der Waals surface area contributed by atoms with Crippen molar-refractivity contribution in [3.8, 4) is 5.75 Å². The molecule has 0 aromatic heterocycles. The van der Waals surface area contributed by atoms with Crippen LogP contribution in [0.2, 0.25) is 0 Å². The molecule has 100 valence electrons. The minimum absolute atomic E-state index is 0.467. The molecule has 0 aliphatic rings. The van der Waals surface area contributed by atoms with E-state index in [9.17, 15) is 4.79 Å². The summed E-state index contributed by atoms with van der Waals surface area (Å²) in [5.74, 6) is 0.0949. The Hall–Kier alpha value is -1.55. The summed E-state index contributed by atoms with van der Waals surface area (Å²) in [6, 6.07) is 9.28. The number of hydrogen-bond donors (Lipinski definition) is 2. The second-order valence-electron chi connectivity index (χ2n) is 4.24. The molecule has 0 fully saturated rings. The molecule has 1 aromatic carbocycles. The Morgan fingerprint density at radius 1 is 1.28 bits per heavy atom. The standard InChI is InChI=1S/C14H21NO3/c1-12(14(16)17)15-10-6-3-7-11-18-13-8-4-2-5-9-13/h2,4-5,8-9,12,15H,3,6-7,10-11H2,1H3,(H,16,17)/t12-/m1/s1. The summed E-state index contributed by atoms with van der Waals surface area (Å²) >= 11 is 0. The van der Waals surface area contributed by atoms with E-state index in [4.69, 9.17) is 9.84 Å². The highest BCUT2D eigenvalue weighted by atomic mass is 16.5. The summed E-state index contributed by atoms with van der Waals surface area (Å²) in [5.41, 5.74) is 0. The van der Waals surface area contributed by atoms with E-state index >= 15 is 0 Å². The molecule has 4 nitrogen and oxygen atoms in total. The largest absolute Gasteiger partial charge is 0.494 e. The van der Waals surface area contributed by atoms with Crippen LogP contribution in [0.25, 0.3) is 0 Å². The van der Waals surface area contributed by atoms with E-state index in [-0.39, 0.29) is 0 Å². The van der Waals surface area contributed by atoms with Crippen LogP contribution in [0.3, 0.4) is 0 Å². The van der Waals surface area contributed by atoms with Gasteiger partial charge in [0.2, 0.25) is 0 Å². The first-order valence-electron chi connectivity index (χ1n) is 6.34. The zero-order valence-electron chi connectivity index (χ0n) is 10.8. The number of unbranched alkanes of at least 4 members (excludes halogenated alkanes) is 2. The van der Waals surface area contributed by atoms with E-state index in [0.717, 1.165) is 31.6 Å². The van der Waals surface area contributed by atoms with Crippen molar-refractivity contribution < 1.29 is 14.6 Å². The summed E-state index contributed by atoms with van der Waals surface area (Å²) < 4.78 is 5.56. The van der Waals surface area contributed by atoms with Crippen LogP contribution in [0.15, 0.2) is 30.3 Å². The third-order valence-corrected chi connectivity index (χ3v) is 2.65. The van der Waals surface area contributed by atoms with Crippen LogP contribution in [0.5, 0.6) is 5.75 Å². The second-order valence-corrected chi connectivity index (χ2v) is 4.24. The van der Waals surface area contributed by atoms with Crippen molar-refractivity contribution in [2.24, 2.45) is 0 Å². The highest BCUT2D eigenvalue weighted by molar-refractivity contribution is 5.72. The van der Waals surface area contributed by atoms with Gasteiger partial charge < -0.3 is 15.2 Å². The van der Waals surface area contributed by atoms with E-state index in [0.29, 0.717) is 6.61 Å². The predicted octanol–water partition coefficient (Wildman–Crippen LogP) is 2.30. The SMILES string of the molecule is C[C@@H](NCCCCCOc1ccccc1)C(=O)O. The van der Waals surface area contributed by atoms with Gasteiger partial charge in [0.25, 0.3) is 0 Å². The number of carbonyl (C=O) groups is 1. The van der Waals surface area contributed by atoms with Crippen LogP contribution < -0.4 is 10.1 Å². The lowest BCUT2D eigenvalue weighted by atomic mass is 10.2. The highest BCUT2D eigenvalue weighted by Gasteiger charge is 2.07. The molecule has 0 amide bonds. The Labute approximate surface area is 108 Å². The molecule has 0 spiro atoms. The maximum absolute atomic E-state index is 10.5. The van der Waals surface area contributed by atoms with Crippen molar-refractivity contribution in [2.45, 2.75) is 32.2 Å². The van der Waals surface area contributed by atoms with Crippen LogP contribution in [0, 0.1) is 0 Å². The molecule has 1 rings (SSSR count). The molecule has 0 radical (unpaired) electrons. The first-order valence-corrected chi connectivity index (χ1v) is 6.34. The lowest BCUT2D eigenvalue weighted by Crippen LogP contribution is -2.34. The monoisotopic (exact) mass is 251 g/mol. The highest BCUT2D eigenvalue weighted by Crippen LogP contribution is 2.09. The molecule has 0 saturated carbocycles. The first-order chi connectivity index (χ1) is 8.70. The Morgan fingerprint density at radius 3 is 2.67 bits per heavy atom. The van der Waals surface area contributed by atoms with E-state index in [2.05, 4.69) is 5.32 Å². The minimum atomic E-state index is -0.803. The van der Waals surface area contributed by atoms with Gasteiger partial charge >= 0.3 is 5.97 Å². The normalized spacial score (nSPS) is 12.1. The fraction of sp³-hybridized carbons (Fsp3) is 0.500. The van der Waals surface area contributed by atoms with E-state index in [1.807, 2.05) is 30.3 Å². The van der Waals surface area contributed by atoms with Gasteiger partial charge in [-0.3, -0.25) is 4.79 Å². The summed E-state index contributed by atoms with van der Waals surface area (Å²) in [6.07, 6.45) is 2.99. The Balaban J connectivity index is 1.95. The molecule has 0 saturated heterocycles. The van der Waals surface area contributed by atoms with Crippen LogP contribution in [-0.4, -0.2) is 30.3 Å². The minimum Gasteiger partial charge on any atom is -0.494 e. The average molecular weight is 251 g/mol. The van der Waals surface area contributed by atoms with Crippen molar-refractivity contribution in [1.29, 1.82) is 0 Å². The Bertz CT molecular complexity index is 340. The number of rotatable bonds is 9. The molecule has 1 atom stereocenters. The van der Waals surface area contributed by atoms with Gasteiger partial charge in [-0.2, -0.15) is 0 Å². The van der Waals surface area contributed by atoms with E-state index < -0.39 is 12.0 Å². The van der Waals surface area contributed by atoms with Gasteiger partial charge in [-0.05, 0) is 44.9 Å². The van der Waals surface area contributed by atoms with Gasteiger partial charge in [-0.15, -0.1) is 0 Å². The van der Waals surface area contributed by atoms with Gasteiger partial charge in [-0.25, -0.2) is 0 Å². The van der Waals surface area contributed by atoms with Crippen LogP contribution in [0.1, 0.15) is 26.2 Å². The first kappa shape index (κ1) is 14.5. The molecule has 18 heavy (non-hydrogen) atoms.